The Morgan fingerprint density at radius 1 is 1.07 bits per heavy atom. The molecule has 1 heterocycles. The summed E-state index contributed by atoms with van der Waals surface area (Å²) in [5.41, 5.74) is 1.09. The zero-order valence-electron chi connectivity index (χ0n) is 16.9. The van der Waals surface area contributed by atoms with E-state index in [1.165, 1.54) is 19.3 Å². The van der Waals surface area contributed by atoms with Crippen molar-refractivity contribution in [2.45, 2.75) is 57.4 Å². The quantitative estimate of drug-likeness (QED) is 0.788. The van der Waals surface area contributed by atoms with E-state index < -0.39 is 0 Å². The van der Waals surface area contributed by atoms with Crippen LogP contribution in [0, 0.1) is 5.92 Å². The fourth-order valence-electron chi connectivity index (χ4n) is 4.24. The smallest absolute Gasteiger partial charge is 0.317 e. The van der Waals surface area contributed by atoms with Crippen LogP contribution >= 0.6 is 0 Å². The number of benzene rings is 1. The maximum atomic E-state index is 12.4. The summed E-state index contributed by atoms with van der Waals surface area (Å²) in [6.07, 6.45) is 8.06. The number of nitrogens with one attached hydrogen (secondary N) is 2. The van der Waals surface area contributed by atoms with Crippen molar-refractivity contribution >= 4 is 11.9 Å². The number of carbonyl (C=O) groups excluding carboxylic acids is 2. The van der Waals surface area contributed by atoms with Crippen molar-refractivity contribution in [1.29, 1.82) is 0 Å². The van der Waals surface area contributed by atoms with Gasteiger partial charge in [0.2, 0.25) is 5.91 Å². The molecular weight excluding hydrogens is 354 g/mol. The summed E-state index contributed by atoms with van der Waals surface area (Å²) >= 11 is 0. The summed E-state index contributed by atoms with van der Waals surface area (Å²) in [6.45, 7) is 1.96. The van der Waals surface area contributed by atoms with Crippen molar-refractivity contribution in [2.24, 2.45) is 5.92 Å². The molecule has 0 radical (unpaired) electrons. The van der Waals surface area contributed by atoms with Gasteiger partial charge in [-0.3, -0.25) is 4.79 Å². The van der Waals surface area contributed by atoms with Crippen molar-refractivity contribution in [3.8, 4) is 5.75 Å². The van der Waals surface area contributed by atoms with E-state index in [1.54, 1.807) is 7.11 Å². The summed E-state index contributed by atoms with van der Waals surface area (Å²) in [5, 5.41) is 6.22. The van der Waals surface area contributed by atoms with E-state index in [4.69, 9.17) is 4.74 Å². The number of piperidine rings is 1. The molecule has 28 heavy (non-hydrogen) atoms. The van der Waals surface area contributed by atoms with Crippen molar-refractivity contribution in [3.05, 3.63) is 29.8 Å². The molecule has 154 valence electrons. The number of rotatable bonds is 6. The predicted octanol–water partition coefficient (Wildman–Crippen LogP) is 3.11. The van der Waals surface area contributed by atoms with Crippen LogP contribution < -0.4 is 15.4 Å². The van der Waals surface area contributed by atoms with E-state index in [0.717, 1.165) is 43.4 Å². The molecule has 0 bridgehead atoms. The molecule has 6 heteroatoms. The highest BCUT2D eigenvalue weighted by molar-refractivity contribution is 5.79. The molecular formula is C22H33N3O3. The molecule has 2 fully saturated rings. The van der Waals surface area contributed by atoms with Gasteiger partial charge in [-0.05, 0) is 43.7 Å². The largest absolute Gasteiger partial charge is 0.496 e. The zero-order valence-corrected chi connectivity index (χ0v) is 16.9. The summed E-state index contributed by atoms with van der Waals surface area (Å²) in [5.74, 6) is 1.27. The Morgan fingerprint density at radius 2 is 1.79 bits per heavy atom. The number of urea groups is 1. The highest BCUT2D eigenvalue weighted by Gasteiger charge is 2.27. The summed E-state index contributed by atoms with van der Waals surface area (Å²) in [6, 6.07) is 8.05. The molecule has 2 aliphatic rings. The SMILES string of the molecule is COc1ccccc1CCNC(=O)N1CCC(NC(=O)C2CCCCC2)CC1. The molecule has 3 rings (SSSR count). The number of hydrogen-bond donors (Lipinski definition) is 2. The molecule has 0 spiro atoms. The Kier molecular flexibility index (Phi) is 7.57. The molecule has 6 nitrogen and oxygen atoms in total. The lowest BCUT2D eigenvalue weighted by molar-refractivity contribution is -0.126. The van der Waals surface area contributed by atoms with Gasteiger partial charge >= 0.3 is 6.03 Å². The van der Waals surface area contributed by atoms with E-state index in [-0.39, 0.29) is 23.9 Å². The van der Waals surface area contributed by atoms with Crippen molar-refractivity contribution in [3.63, 3.8) is 0 Å². The van der Waals surface area contributed by atoms with Crippen LogP contribution in [0.25, 0.3) is 0 Å². The number of ether oxygens (including phenoxy) is 1. The van der Waals surface area contributed by atoms with Crippen LogP contribution in [0.15, 0.2) is 24.3 Å². The third kappa shape index (κ3) is 5.63. The van der Waals surface area contributed by atoms with Gasteiger partial charge in [-0.25, -0.2) is 4.79 Å². The number of methoxy groups -OCH3 is 1. The second-order valence-electron chi connectivity index (χ2n) is 7.90. The molecule has 0 aromatic heterocycles. The van der Waals surface area contributed by atoms with Crippen LogP contribution in [0.2, 0.25) is 0 Å². The average Bonchev–Trinajstić information content (AvgIpc) is 2.75. The maximum absolute atomic E-state index is 12.4. The first kappa shape index (κ1) is 20.5. The normalized spacial score (nSPS) is 18.5. The first-order chi connectivity index (χ1) is 13.7. The molecule has 0 unspecified atom stereocenters. The zero-order chi connectivity index (χ0) is 19.8. The Bertz CT molecular complexity index is 650. The van der Waals surface area contributed by atoms with Gasteiger partial charge in [0.05, 0.1) is 7.11 Å². The minimum absolute atomic E-state index is 0.0213. The number of hydrogen-bond acceptors (Lipinski definition) is 3. The van der Waals surface area contributed by atoms with Crippen LogP contribution in [0.3, 0.4) is 0 Å². The van der Waals surface area contributed by atoms with E-state index >= 15 is 0 Å². The van der Waals surface area contributed by atoms with Gasteiger partial charge in [0, 0.05) is 31.6 Å². The lowest BCUT2D eigenvalue weighted by Gasteiger charge is -2.33. The second kappa shape index (κ2) is 10.3. The minimum Gasteiger partial charge on any atom is -0.496 e. The summed E-state index contributed by atoms with van der Waals surface area (Å²) in [4.78, 5) is 26.7. The van der Waals surface area contributed by atoms with Gasteiger partial charge in [0.1, 0.15) is 5.75 Å². The third-order valence-corrected chi connectivity index (χ3v) is 5.97. The summed E-state index contributed by atoms with van der Waals surface area (Å²) < 4.78 is 5.35. The predicted molar refractivity (Wildman–Crippen MR) is 109 cm³/mol. The van der Waals surface area contributed by atoms with Crippen LogP contribution in [-0.2, 0) is 11.2 Å². The second-order valence-corrected chi connectivity index (χ2v) is 7.90. The monoisotopic (exact) mass is 387 g/mol. The fourth-order valence-corrected chi connectivity index (χ4v) is 4.24. The lowest BCUT2D eigenvalue weighted by atomic mass is 9.88. The standard InChI is InChI=1S/C22H33N3O3/c1-28-20-10-6-5-7-17(20)11-14-23-22(27)25-15-12-19(13-16-25)24-21(26)18-8-3-2-4-9-18/h5-7,10,18-19H,2-4,8-9,11-16H2,1H3,(H,23,27)(H,24,26). The first-order valence-corrected chi connectivity index (χ1v) is 10.6. The van der Waals surface area contributed by atoms with Crippen molar-refractivity contribution < 1.29 is 14.3 Å². The molecule has 2 N–H and O–H groups in total. The third-order valence-electron chi connectivity index (χ3n) is 5.97. The Morgan fingerprint density at radius 3 is 2.50 bits per heavy atom. The van der Waals surface area contributed by atoms with Crippen LogP contribution in [0.5, 0.6) is 5.75 Å². The molecule has 1 aromatic carbocycles. The lowest BCUT2D eigenvalue weighted by Crippen LogP contribution is -2.50. The van der Waals surface area contributed by atoms with E-state index in [1.807, 2.05) is 29.2 Å². The van der Waals surface area contributed by atoms with E-state index in [2.05, 4.69) is 10.6 Å². The Labute approximate surface area is 168 Å². The highest BCUT2D eigenvalue weighted by Crippen LogP contribution is 2.24. The highest BCUT2D eigenvalue weighted by atomic mass is 16.5. The number of carbonyl (C=O) groups is 2. The van der Waals surface area contributed by atoms with Gasteiger partial charge < -0.3 is 20.3 Å². The van der Waals surface area contributed by atoms with Gasteiger partial charge in [0.25, 0.3) is 0 Å². The molecule has 1 saturated heterocycles. The number of amides is 3. The average molecular weight is 388 g/mol. The van der Waals surface area contributed by atoms with Crippen molar-refractivity contribution in [2.75, 3.05) is 26.7 Å². The minimum atomic E-state index is -0.0213. The van der Waals surface area contributed by atoms with Crippen LogP contribution in [0.4, 0.5) is 4.79 Å². The number of nitrogens with zero attached hydrogens (tertiary/aromatic N) is 1. The topological polar surface area (TPSA) is 70.7 Å². The molecule has 1 aliphatic heterocycles. The number of para-hydroxylation sites is 1. The van der Waals surface area contributed by atoms with E-state index in [0.29, 0.717) is 19.6 Å². The molecule has 3 amide bonds. The van der Waals surface area contributed by atoms with E-state index in [9.17, 15) is 9.59 Å². The fraction of sp³-hybridized carbons (Fsp3) is 0.636. The van der Waals surface area contributed by atoms with Gasteiger partial charge in [-0.2, -0.15) is 0 Å². The van der Waals surface area contributed by atoms with Gasteiger partial charge in [-0.1, -0.05) is 37.5 Å². The van der Waals surface area contributed by atoms with Crippen molar-refractivity contribution in [1.82, 2.24) is 15.5 Å². The van der Waals surface area contributed by atoms with Crippen LogP contribution in [-0.4, -0.2) is 49.6 Å². The number of likely N-dealkylation sites (tertiary alicyclic amines) is 1. The molecule has 1 aromatic rings. The molecule has 1 saturated carbocycles. The Hall–Kier alpha value is -2.24. The Balaban J connectivity index is 1.36. The first-order valence-electron chi connectivity index (χ1n) is 10.6. The maximum Gasteiger partial charge on any atom is 0.317 e. The van der Waals surface area contributed by atoms with Crippen LogP contribution in [0.1, 0.15) is 50.5 Å². The van der Waals surface area contributed by atoms with Gasteiger partial charge in [-0.15, -0.1) is 0 Å². The molecule has 1 aliphatic carbocycles. The molecule has 0 atom stereocenters. The van der Waals surface area contributed by atoms with Gasteiger partial charge in [0.15, 0.2) is 0 Å². The summed E-state index contributed by atoms with van der Waals surface area (Å²) in [7, 11) is 1.66.